The van der Waals surface area contributed by atoms with Crippen LogP contribution in [0.5, 0.6) is 0 Å². The van der Waals surface area contributed by atoms with Crippen molar-refractivity contribution in [3.63, 3.8) is 0 Å². The highest BCUT2D eigenvalue weighted by molar-refractivity contribution is 7.98. The van der Waals surface area contributed by atoms with E-state index in [1.54, 1.807) is 0 Å². The van der Waals surface area contributed by atoms with Gasteiger partial charge in [-0.3, -0.25) is 9.59 Å². The van der Waals surface area contributed by atoms with Crippen molar-refractivity contribution in [1.29, 1.82) is 0 Å². The number of carbonyl (C=O) groups excluding carboxylic acids is 1. The predicted octanol–water partition coefficient (Wildman–Crippen LogP) is 3.31. The van der Waals surface area contributed by atoms with Crippen LogP contribution in [0.25, 0.3) is 0 Å². The zero-order chi connectivity index (χ0) is 15.5. The molecular formula is C16H23NO3S. The summed E-state index contributed by atoms with van der Waals surface area (Å²) in [6.07, 6.45) is 2.49. The summed E-state index contributed by atoms with van der Waals surface area (Å²) < 4.78 is 0. The number of aliphatic carboxylic acids is 1. The number of rotatable bonds is 10. The van der Waals surface area contributed by atoms with E-state index in [0.717, 1.165) is 24.3 Å². The number of hydrogen-bond acceptors (Lipinski definition) is 3. The number of unbranched alkanes of at least 4 members (excludes halogenated alkanes) is 2. The van der Waals surface area contributed by atoms with Crippen molar-refractivity contribution in [1.82, 2.24) is 5.32 Å². The Balaban J connectivity index is 2.24. The summed E-state index contributed by atoms with van der Waals surface area (Å²) in [5, 5.41) is 11.4. The first-order chi connectivity index (χ1) is 10.1. The minimum absolute atomic E-state index is 0.0667. The lowest BCUT2D eigenvalue weighted by Crippen LogP contribution is -2.24. The van der Waals surface area contributed by atoms with Crippen LogP contribution >= 0.6 is 11.8 Å². The SMILES string of the molecule is CCSCc1ccc(C(=O)NCCCCCC(=O)O)cc1. The Labute approximate surface area is 130 Å². The maximum atomic E-state index is 11.9. The lowest BCUT2D eigenvalue weighted by atomic mass is 10.1. The van der Waals surface area contributed by atoms with Crippen LogP contribution in [0, 0.1) is 0 Å². The molecule has 0 radical (unpaired) electrons. The summed E-state index contributed by atoms with van der Waals surface area (Å²) in [7, 11) is 0. The van der Waals surface area contributed by atoms with Crippen LogP contribution in [0.1, 0.15) is 48.5 Å². The van der Waals surface area contributed by atoms with Crippen LogP contribution in [0.4, 0.5) is 0 Å². The minimum Gasteiger partial charge on any atom is -0.481 e. The zero-order valence-electron chi connectivity index (χ0n) is 12.4. The van der Waals surface area contributed by atoms with Crippen molar-refractivity contribution in [2.75, 3.05) is 12.3 Å². The van der Waals surface area contributed by atoms with Crippen LogP contribution in [0.2, 0.25) is 0 Å². The first-order valence-corrected chi connectivity index (χ1v) is 8.45. The molecule has 0 fully saturated rings. The minimum atomic E-state index is -0.764. The van der Waals surface area contributed by atoms with E-state index in [9.17, 15) is 9.59 Å². The molecule has 0 aliphatic rings. The second-order valence-electron chi connectivity index (χ2n) is 4.79. The van der Waals surface area contributed by atoms with Gasteiger partial charge >= 0.3 is 5.97 Å². The molecule has 0 spiro atoms. The van der Waals surface area contributed by atoms with Crippen molar-refractivity contribution in [3.05, 3.63) is 35.4 Å². The number of hydrogen-bond donors (Lipinski definition) is 2. The molecule has 0 bridgehead atoms. The quantitative estimate of drug-likeness (QED) is 0.651. The molecule has 0 aromatic heterocycles. The van der Waals surface area contributed by atoms with E-state index in [-0.39, 0.29) is 12.3 Å². The Morgan fingerprint density at radius 2 is 1.86 bits per heavy atom. The Hall–Kier alpha value is -1.49. The molecule has 21 heavy (non-hydrogen) atoms. The highest BCUT2D eigenvalue weighted by Gasteiger charge is 2.04. The maximum absolute atomic E-state index is 11.9. The number of thioether (sulfide) groups is 1. The molecular weight excluding hydrogens is 286 g/mol. The second kappa shape index (κ2) is 10.3. The standard InChI is InChI=1S/C16H23NO3S/c1-2-21-12-13-7-9-14(10-8-13)16(20)17-11-5-3-4-6-15(18)19/h7-10H,2-6,11-12H2,1H3,(H,17,20)(H,18,19). The van der Waals surface area contributed by atoms with Gasteiger partial charge < -0.3 is 10.4 Å². The molecule has 1 amide bonds. The fraction of sp³-hybridized carbons (Fsp3) is 0.500. The van der Waals surface area contributed by atoms with Crippen LogP contribution < -0.4 is 5.32 Å². The summed E-state index contributed by atoms with van der Waals surface area (Å²) in [5.41, 5.74) is 1.90. The van der Waals surface area contributed by atoms with Gasteiger partial charge in [-0.15, -0.1) is 0 Å². The van der Waals surface area contributed by atoms with E-state index in [1.807, 2.05) is 36.0 Å². The van der Waals surface area contributed by atoms with Crippen molar-refractivity contribution in [2.24, 2.45) is 0 Å². The average molecular weight is 309 g/mol. The van der Waals surface area contributed by atoms with Gasteiger partial charge in [0.2, 0.25) is 0 Å². The topological polar surface area (TPSA) is 66.4 Å². The number of carboxylic acids is 1. The fourth-order valence-corrected chi connectivity index (χ4v) is 2.49. The lowest BCUT2D eigenvalue weighted by Gasteiger charge is -2.06. The summed E-state index contributed by atoms with van der Waals surface area (Å²) in [6, 6.07) is 7.69. The van der Waals surface area contributed by atoms with Crippen molar-refractivity contribution < 1.29 is 14.7 Å². The molecule has 1 aromatic carbocycles. The Bertz CT molecular complexity index is 445. The summed E-state index contributed by atoms with van der Waals surface area (Å²) in [6.45, 7) is 2.72. The largest absolute Gasteiger partial charge is 0.481 e. The summed E-state index contributed by atoms with van der Waals surface area (Å²) in [5.74, 6) is 1.23. The summed E-state index contributed by atoms with van der Waals surface area (Å²) in [4.78, 5) is 22.2. The molecule has 5 heteroatoms. The van der Waals surface area contributed by atoms with Gasteiger partial charge in [0.25, 0.3) is 5.91 Å². The smallest absolute Gasteiger partial charge is 0.303 e. The molecule has 0 heterocycles. The van der Waals surface area contributed by atoms with E-state index < -0.39 is 5.97 Å². The third-order valence-electron chi connectivity index (χ3n) is 3.04. The zero-order valence-corrected chi connectivity index (χ0v) is 13.2. The Morgan fingerprint density at radius 3 is 2.48 bits per heavy atom. The van der Waals surface area contributed by atoms with Crippen molar-refractivity contribution in [3.8, 4) is 0 Å². The molecule has 116 valence electrons. The van der Waals surface area contributed by atoms with Crippen LogP contribution in [0.3, 0.4) is 0 Å². The van der Waals surface area contributed by atoms with Gasteiger partial charge in [0.15, 0.2) is 0 Å². The predicted molar refractivity (Wildman–Crippen MR) is 86.7 cm³/mol. The number of amides is 1. The molecule has 0 aliphatic heterocycles. The van der Waals surface area contributed by atoms with E-state index in [1.165, 1.54) is 5.56 Å². The molecule has 0 unspecified atom stereocenters. The number of benzene rings is 1. The van der Waals surface area contributed by atoms with Crippen molar-refractivity contribution >= 4 is 23.6 Å². The molecule has 2 N–H and O–H groups in total. The van der Waals surface area contributed by atoms with E-state index in [4.69, 9.17) is 5.11 Å². The lowest BCUT2D eigenvalue weighted by molar-refractivity contribution is -0.137. The van der Waals surface area contributed by atoms with E-state index in [2.05, 4.69) is 12.2 Å². The Kier molecular flexibility index (Phi) is 8.59. The average Bonchev–Trinajstić information content (AvgIpc) is 2.48. The van der Waals surface area contributed by atoms with Gasteiger partial charge in [-0.2, -0.15) is 11.8 Å². The number of carbonyl (C=O) groups is 2. The van der Waals surface area contributed by atoms with Crippen LogP contribution in [-0.4, -0.2) is 29.3 Å². The molecule has 0 atom stereocenters. The van der Waals surface area contributed by atoms with Crippen molar-refractivity contribution in [2.45, 2.75) is 38.4 Å². The normalized spacial score (nSPS) is 10.3. The van der Waals surface area contributed by atoms with Gasteiger partial charge in [0, 0.05) is 24.3 Å². The molecule has 0 saturated heterocycles. The maximum Gasteiger partial charge on any atom is 0.303 e. The number of carboxylic acid groups (broad SMARTS) is 1. The molecule has 1 aromatic rings. The van der Waals surface area contributed by atoms with Crippen LogP contribution in [-0.2, 0) is 10.5 Å². The molecule has 1 rings (SSSR count). The second-order valence-corrected chi connectivity index (χ2v) is 6.07. The van der Waals surface area contributed by atoms with Gasteiger partial charge in [-0.1, -0.05) is 25.5 Å². The first-order valence-electron chi connectivity index (χ1n) is 7.30. The highest BCUT2D eigenvalue weighted by atomic mass is 32.2. The van der Waals surface area contributed by atoms with Gasteiger partial charge in [0.1, 0.15) is 0 Å². The molecule has 0 saturated carbocycles. The van der Waals surface area contributed by atoms with Gasteiger partial charge in [0.05, 0.1) is 0 Å². The summed E-state index contributed by atoms with van der Waals surface area (Å²) >= 11 is 1.86. The van der Waals surface area contributed by atoms with E-state index >= 15 is 0 Å². The molecule has 0 aliphatic carbocycles. The fourth-order valence-electron chi connectivity index (χ4n) is 1.85. The van der Waals surface area contributed by atoms with Gasteiger partial charge in [-0.05, 0) is 36.3 Å². The first kappa shape index (κ1) is 17.6. The monoisotopic (exact) mass is 309 g/mol. The Morgan fingerprint density at radius 1 is 1.14 bits per heavy atom. The van der Waals surface area contributed by atoms with E-state index in [0.29, 0.717) is 18.5 Å². The molecule has 4 nitrogen and oxygen atoms in total. The number of nitrogens with one attached hydrogen (secondary N) is 1. The highest BCUT2D eigenvalue weighted by Crippen LogP contribution is 2.12. The third kappa shape index (κ3) is 7.75. The van der Waals surface area contributed by atoms with Gasteiger partial charge in [-0.25, -0.2) is 0 Å². The van der Waals surface area contributed by atoms with Crippen LogP contribution in [0.15, 0.2) is 24.3 Å². The third-order valence-corrected chi connectivity index (χ3v) is 3.99.